The normalized spacial score (nSPS) is 7.33. The zero-order chi connectivity index (χ0) is 4.83. The van der Waals surface area contributed by atoms with E-state index in [0.717, 1.165) is 11.5 Å². The van der Waals surface area contributed by atoms with Crippen molar-refractivity contribution < 1.29 is 0 Å². The molecule has 1 nitrogen and oxygen atoms in total. The molecule has 0 N–H and O–H groups in total. The molecule has 6 heavy (non-hydrogen) atoms. The van der Waals surface area contributed by atoms with Crippen LogP contribution in [0.25, 0.3) is 0 Å². The van der Waals surface area contributed by atoms with E-state index >= 15 is 0 Å². The van der Waals surface area contributed by atoms with Gasteiger partial charge in [-0.25, -0.2) is 0 Å². The first-order valence-electron chi connectivity index (χ1n) is 1.53. The number of thioether (sulfide) groups is 1. The van der Waals surface area contributed by atoms with Crippen LogP contribution in [-0.2, 0) is 0 Å². The average Bonchev–Trinajstić information content (AvgIpc) is 1.61. The minimum atomic E-state index is 0.790. The van der Waals surface area contributed by atoms with Gasteiger partial charge in [-0.3, -0.25) is 0 Å². The monoisotopic (exact) mass is 119 g/mol. The van der Waals surface area contributed by atoms with Crippen molar-refractivity contribution in [3.63, 3.8) is 0 Å². The average molecular weight is 119 g/mol. The largest absolute Gasteiger partial charge is 0.185 e. The lowest BCUT2D eigenvalue weighted by Gasteiger charge is -1.76. The van der Waals surface area contributed by atoms with E-state index in [1.165, 1.54) is 11.8 Å². The Morgan fingerprint density at radius 1 is 1.83 bits per heavy atom. The Kier molecular flexibility index (Phi) is 5.35. The van der Waals surface area contributed by atoms with Crippen LogP contribution in [0.4, 0.5) is 0 Å². The van der Waals surface area contributed by atoms with Gasteiger partial charge in [-0.05, 0) is 11.8 Å². The Morgan fingerprint density at radius 3 is 2.67 bits per heavy atom. The van der Waals surface area contributed by atoms with Crippen molar-refractivity contribution in [3.8, 4) is 5.40 Å². The van der Waals surface area contributed by atoms with Gasteiger partial charge in [0.1, 0.15) is 5.40 Å². The standard InChI is InChI=1S/C3H5NS2/c4-3-6-2-1-5/h5H,1-2H2. The van der Waals surface area contributed by atoms with Crippen molar-refractivity contribution in [2.45, 2.75) is 0 Å². The Hall–Kier alpha value is 0.190. The van der Waals surface area contributed by atoms with Gasteiger partial charge >= 0.3 is 0 Å². The lowest BCUT2D eigenvalue weighted by atomic mass is 11.0. The molecule has 0 fully saturated rings. The fraction of sp³-hybridized carbons (Fsp3) is 0.667. The second-order valence-corrected chi connectivity index (χ2v) is 1.99. The van der Waals surface area contributed by atoms with Gasteiger partial charge in [-0.15, -0.1) is 0 Å². The smallest absolute Gasteiger partial charge is 0.133 e. The van der Waals surface area contributed by atoms with Crippen LogP contribution in [0.5, 0.6) is 0 Å². The minimum Gasteiger partial charge on any atom is -0.185 e. The molecule has 0 saturated heterocycles. The summed E-state index contributed by atoms with van der Waals surface area (Å²) in [7, 11) is 0. The molecule has 0 aromatic carbocycles. The maximum Gasteiger partial charge on any atom is 0.133 e. The topological polar surface area (TPSA) is 23.8 Å². The molecule has 0 aliphatic rings. The predicted octanol–water partition coefficient (Wildman–Crippen LogP) is 1.13. The molecular formula is C3H5NS2. The highest BCUT2D eigenvalue weighted by Gasteiger charge is 1.75. The summed E-state index contributed by atoms with van der Waals surface area (Å²) in [6.07, 6.45) is 0. The molecule has 3 heteroatoms. The van der Waals surface area contributed by atoms with Crippen molar-refractivity contribution in [3.05, 3.63) is 0 Å². The minimum absolute atomic E-state index is 0.790. The lowest BCUT2D eigenvalue weighted by Crippen LogP contribution is -1.71. The molecule has 0 unspecified atom stereocenters. The maximum absolute atomic E-state index is 7.88. The maximum atomic E-state index is 7.88. The zero-order valence-electron chi connectivity index (χ0n) is 3.22. The highest BCUT2D eigenvalue weighted by molar-refractivity contribution is 8.04. The van der Waals surface area contributed by atoms with E-state index in [-0.39, 0.29) is 0 Å². The number of nitrogens with zero attached hydrogens (tertiary/aromatic N) is 1. The van der Waals surface area contributed by atoms with E-state index in [1.54, 1.807) is 0 Å². The van der Waals surface area contributed by atoms with Crippen LogP contribution in [0.15, 0.2) is 0 Å². The number of hydrogen-bond donors (Lipinski definition) is 1. The van der Waals surface area contributed by atoms with Gasteiger partial charge < -0.3 is 0 Å². The molecule has 0 atom stereocenters. The molecule has 0 aliphatic carbocycles. The summed E-state index contributed by atoms with van der Waals surface area (Å²) in [5, 5.41) is 9.81. The van der Waals surface area contributed by atoms with Gasteiger partial charge in [0.25, 0.3) is 0 Å². The van der Waals surface area contributed by atoms with Gasteiger partial charge in [-0.1, -0.05) is 0 Å². The second-order valence-electron chi connectivity index (χ2n) is 0.663. The van der Waals surface area contributed by atoms with Gasteiger partial charge in [0.2, 0.25) is 0 Å². The third kappa shape index (κ3) is 4.19. The van der Waals surface area contributed by atoms with Gasteiger partial charge in [0, 0.05) is 11.5 Å². The predicted molar refractivity (Wildman–Crippen MR) is 31.9 cm³/mol. The summed E-state index contributed by atoms with van der Waals surface area (Å²) in [6, 6.07) is 0. The number of thiocyanates is 1. The highest BCUT2D eigenvalue weighted by atomic mass is 32.2. The zero-order valence-corrected chi connectivity index (χ0v) is 4.93. The van der Waals surface area contributed by atoms with Crippen LogP contribution >= 0.6 is 24.4 Å². The Bertz CT molecular complexity index is 56.3. The first kappa shape index (κ1) is 6.19. The van der Waals surface area contributed by atoms with Crippen molar-refractivity contribution >= 4 is 24.4 Å². The summed E-state index contributed by atoms with van der Waals surface area (Å²) >= 11 is 5.12. The summed E-state index contributed by atoms with van der Waals surface area (Å²) in [4.78, 5) is 0. The van der Waals surface area contributed by atoms with Crippen molar-refractivity contribution in [1.82, 2.24) is 0 Å². The van der Waals surface area contributed by atoms with Crippen molar-refractivity contribution in [2.24, 2.45) is 0 Å². The third-order valence-electron chi connectivity index (χ3n) is 0.258. The lowest BCUT2D eigenvalue weighted by molar-refractivity contribution is 1.55. The Morgan fingerprint density at radius 2 is 2.50 bits per heavy atom. The molecule has 0 saturated carbocycles. The fourth-order valence-corrected chi connectivity index (χ4v) is 0.548. The fourth-order valence-electron chi connectivity index (χ4n) is 0.0913. The number of thiol groups is 1. The molecule has 0 aromatic heterocycles. The Balaban J connectivity index is 2.54. The van der Waals surface area contributed by atoms with Gasteiger partial charge in [0.15, 0.2) is 0 Å². The Labute approximate surface area is 47.1 Å². The van der Waals surface area contributed by atoms with Gasteiger partial charge in [-0.2, -0.15) is 17.9 Å². The summed E-state index contributed by atoms with van der Waals surface area (Å²) in [5.74, 6) is 1.62. The van der Waals surface area contributed by atoms with E-state index in [0.29, 0.717) is 0 Å². The number of rotatable bonds is 2. The molecule has 0 aromatic rings. The summed E-state index contributed by atoms with van der Waals surface area (Å²) in [6.45, 7) is 0. The highest BCUT2D eigenvalue weighted by Crippen LogP contribution is 1.93. The summed E-state index contributed by atoms with van der Waals surface area (Å²) in [5.41, 5.74) is 0. The van der Waals surface area contributed by atoms with Gasteiger partial charge in [0.05, 0.1) is 0 Å². The first-order chi connectivity index (χ1) is 2.91. The molecule has 0 heterocycles. The van der Waals surface area contributed by atoms with E-state index in [4.69, 9.17) is 5.26 Å². The van der Waals surface area contributed by atoms with Crippen molar-refractivity contribution in [1.29, 1.82) is 5.26 Å². The molecule has 0 amide bonds. The van der Waals surface area contributed by atoms with Crippen LogP contribution in [0.3, 0.4) is 0 Å². The van der Waals surface area contributed by atoms with Crippen LogP contribution in [0, 0.1) is 10.7 Å². The molecule has 34 valence electrons. The first-order valence-corrected chi connectivity index (χ1v) is 3.15. The van der Waals surface area contributed by atoms with Crippen LogP contribution in [-0.4, -0.2) is 11.5 Å². The number of hydrogen-bond acceptors (Lipinski definition) is 3. The van der Waals surface area contributed by atoms with Crippen LogP contribution in [0.1, 0.15) is 0 Å². The van der Waals surface area contributed by atoms with Crippen LogP contribution in [0.2, 0.25) is 0 Å². The molecular weight excluding hydrogens is 114 g/mol. The third-order valence-corrected chi connectivity index (χ3v) is 1.32. The molecule has 0 bridgehead atoms. The van der Waals surface area contributed by atoms with Crippen LogP contribution < -0.4 is 0 Å². The van der Waals surface area contributed by atoms with E-state index in [9.17, 15) is 0 Å². The van der Waals surface area contributed by atoms with Crippen molar-refractivity contribution in [2.75, 3.05) is 11.5 Å². The second kappa shape index (κ2) is 5.19. The molecule has 0 rings (SSSR count). The van der Waals surface area contributed by atoms with E-state index in [1.807, 2.05) is 5.40 Å². The molecule has 0 radical (unpaired) electrons. The summed E-state index contributed by atoms with van der Waals surface area (Å²) < 4.78 is 0. The molecule has 0 spiro atoms. The molecule has 0 aliphatic heterocycles. The SMILES string of the molecule is N#CSCCS. The number of nitriles is 1. The van der Waals surface area contributed by atoms with E-state index < -0.39 is 0 Å². The van der Waals surface area contributed by atoms with E-state index in [2.05, 4.69) is 12.6 Å². The quantitative estimate of drug-likeness (QED) is 0.335.